The van der Waals surface area contributed by atoms with Gasteiger partial charge in [-0.2, -0.15) is 0 Å². The Labute approximate surface area is 711 Å². The molecule has 12 amide bonds. The number of ether oxygens (including phenoxy) is 10. The van der Waals surface area contributed by atoms with E-state index in [0.29, 0.717) is 25.7 Å². The number of rotatable bonds is 37. The van der Waals surface area contributed by atoms with Crippen LogP contribution in [0, 0.1) is 33.0 Å². The van der Waals surface area contributed by atoms with E-state index in [4.69, 9.17) is 77.4 Å². The number of hydrogen-bond acceptors (Lipinski definition) is 29. The predicted molar refractivity (Wildman–Crippen MR) is 444 cm³/mol. The maximum Gasteiger partial charge on any atom is 0.426 e. The van der Waals surface area contributed by atoms with Crippen molar-refractivity contribution >= 4 is 123 Å². The normalized spacial score (nSPS) is 11.2. The molecule has 0 rings (SSSR count). The molecule has 38 heteroatoms. The second-order valence-electron chi connectivity index (χ2n) is 31.8. The number of carbonyl (C=O) groups excluding carboxylic acids is 18. The van der Waals surface area contributed by atoms with Crippen LogP contribution in [0.25, 0.3) is 0 Å². The summed E-state index contributed by atoms with van der Waals surface area (Å²) in [5.41, 5.74) is 18.3. The molecule has 37 nitrogen and oxygen atoms in total. The number of hydrogen-bond donors (Lipinski definition) is 7. The van der Waals surface area contributed by atoms with E-state index in [0.717, 1.165) is 37.9 Å². The summed E-state index contributed by atoms with van der Waals surface area (Å²) in [5.74, 6) is -11.4. The lowest BCUT2D eigenvalue weighted by Gasteiger charge is -2.36. The molecule has 0 unspecified atom stereocenters. The number of carbonyl (C=O) groups is 18. The van der Waals surface area contributed by atoms with Crippen LogP contribution in [0.3, 0.4) is 0 Å². The first kappa shape index (κ1) is 123. The van der Waals surface area contributed by atoms with Crippen molar-refractivity contribution in [2.75, 3.05) is 51.6 Å². The summed E-state index contributed by atoms with van der Waals surface area (Å²) in [6, 6.07) is 0. The van der Waals surface area contributed by atoms with Crippen molar-refractivity contribution in [2.45, 2.75) is 299 Å². The molecule has 0 saturated carbocycles. The second-order valence-corrected chi connectivity index (χ2v) is 32.6. The lowest BCUT2D eigenvalue weighted by atomic mass is 9.82. The maximum absolute atomic E-state index is 14.3. The molecule has 0 aromatic heterocycles. The molecule has 119 heavy (non-hydrogen) atoms. The molecular weight excluding hydrogens is 1630 g/mol. The Bertz CT molecular complexity index is 3090. The highest BCUT2D eigenvalue weighted by atomic mass is 79.9. The Morgan fingerprint density at radius 2 is 0.571 bits per heavy atom. The molecule has 0 aliphatic heterocycles. The fourth-order valence-corrected chi connectivity index (χ4v) is 8.73. The Morgan fingerprint density at radius 1 is 0.345 bits per heavy atom. The van der Waals surface area contributed by atoms with Crippen molar-refractivity contribution in [3.8, 4) is 0 Å². The molecular formula is C81H143BrN8O29. The molecule has 0 aromatic carbocycles. The third kappa shape index (κ3) is 50.8. The molecule has 0 saturated heterocycles. The van der Waals surface area contributed by atoms with Crippen LogP contribution in [0.1, 0.15) is 277 Å². The second kappa shape index (κ2) is 59.1. The first-order valence-corrected chi connectivity index (χ1v) is 40.1. The van der Waals surface area contributed by atoms with Gasteiger partial charge in [-0.25, -0.2) is 28.8 Å². The highest BCUT2D eigenvalue weighted by Crippen LogP contribution is 2.34. The predicted octanol–water partition coefficient (Wildman–Crippen LogP) is 10.3. The van der Waals surface area contributed by atoms with Gasteiger partial charge in [0.15, 0.2) is 11.3 Å². The standard InChI is InChI=1S/C31H50N2O12.C12H22O4.C11H18N2O4.C8H16N2O2.C8H14O4.C7H14N2O3.C4H9Br/c1-19(2)20(34)41-18-16-17-31(15,21(35)32(23(37)42-27(3,4)5)24(38)43-28(6,7)8)22(36)33(25(39)44-29(9,10)11)26(40)45-30(12,13)14;1-5-8-9-12(4,10(13)15-6-2)11(14)16-7-3;1-7(2)8(14)17-6-4-5-11(3,9(12)15)10(13)16;1-3-4-5-8(2,6(9)11)7(10)12;1-4-11-7(9)6(3)8(10)12-5-2;1-7(5(8)11,6(9)12)3-2-4-10;1-2-3-4-5/h1,16-18H2,2-15H3;5-9H2,1-4H3;1,4-6H2,2-3H3,(H2,12,15)(H2,13,16);3-5H2,1-2H3,(H2,9,11)(H2,10,12);6H,4-5H2,1-3H3;10H,2-4H2,1H3,(H2,8,11)(H2,9,12);2-4H2,1H3. The number of esters is 6. The van der Waals surface area contributed by atoms with E-state index in [9.17, 15) is 86.3 Å². The molecule has 0 heterocycles. The molecule has 0 bridgehead atoms. The zero-order valence-corrected chi connectivity index (χ0v) is 77.2. The largest absolute Gasteiger partial charge is 0.465 e. The van der Waals surface area contributed by atoms with E-state index in [2.05, 4.69) is 45.5 Å². The highest BCUT2D eigenvalue weighted by molar-refractivity contribution is 9.09. The Hall–Kier alpha value is -9.62. The monoisotopic (exact) mass is 1770 g/mol. The van der Waals surface area contributed by atoms with Crippen molar-refractivity contribution in [3.05, 3.63) is 24.3 Å². The zero-order chi connectivity index (χ0) is 95.4. The Morgan fingerprint density at radius 3 is 0.765 bits per heavy atom. The quantitative estimate of drug-likeness (QED) is 0.00759. The number of unbranched alkanes of at least 4 members (excludes halogenated alkanes) is 3. The summed E-state index contributed by atoms with van der Waals surface area (Å²) in [5, 5.41) is 9.65. The van der Waals surface area contributed by atoms with Crippen LogP contribution in [0.5, 0.6) is 0 Å². The van der Waals surface area contributed by atoms with Gasteiger partial charge < -0.3 is 86.9 Å². The number of amides is 12. The van der Waals surface area contributed by atoms with Crippen LogP contribution in [-0.4, -0.2) is 196 Å². The highest BCUT2D eigenvalue weighted by Gasteiger charge is 2.55. The van der Waals surface area contributed by atoms with Crippen molar-refractivity contribution in [1.29, 1.82) is 0 Å². The van der Waals surface area contributed by atoms with Crippen LogP contribution in [0.4, 0.5) is 19.2 Å². The summed E-state index contributed by atoms with van der Waals surface area (Å²) >= 11 is 3.31. The number of aliphatic hydroxyl groups excluding tert-OH is 1. The first-order valence-electron chi connectivity index (χ1n) is 39.0. The van der Waals surface area contributed by atoms with E-state index in [1.54, 1.807) is 34.6 Å². The number of nitrogens with zero attached hydrogens (tertiary/aromatic N) is 2. The lowest BCUT2D eigenvalue weighted by molar-refractivity contribution is -0.172. The Kier molecular flexibility index (Phi) is 60.9. The molecule has 0 fully saturated rings. The molecule has 0 radical (unpaired) electrons. The summed E-state index contributed by atoms with van der Waals surface area (Å²) < 4.78 is 50.1. The van der Waals surface area contributed by atoms with Crippen molar-refractivity contribution in [2.24, 2.45) is 67.4 Å². The minimum Gasteiger partial charge on any atom is -0.465 e. The Balaban J connectivity index is -0.000000278. The van der Waals surface area contributed by atoms with E-state index >= 15 is 0 Å². The summed E-state index contributed by atoms with van der Waals surface area (Å²) in [4.78, 5) is 216. The van der Waals surface area contributed by atoms with Gasteiger partial charge >= 0.3 is 60.2 Å². The van der Waals surface area contributed by atoms with Crippen LogP contribution in [0.2, 0.25) is 0 Å². The van der Waals surface area contributed by atoms with Crippen molar-refractivity contribution in [3.63, 3.8) is 0 Å². The maximum atomic E-state index is 14.3. The minimum atomic E-state index is -2.53. The average Bonchev–Trinajstić information content (AvgIpc) is 0.766. The summed E-state index contributed by atoms with van der Waals surface area (Å²) in [6.45, 7) is 49.7. The molecule has 0 spiro atoms. The minimum absolute atomic E-state index is 0.00331. The number of aliphatic hydroxyl groups is 1. The van der Waals surface area contributed by atoms with Gasteiger partial charge in [0.25, 0.3) is 11.8 Å². The molecule has 13 N–H and O–H groups in total. The van der Waals surface area contributed by atoms with Crippen LogP contribution >= 0.6 is 15.9 Å². The molecule has 0 aliphatic rings. The number of halogens is 1. The van der Waals surface area contributed by atoms with Gasteiger partial charge in [-0.05, 0) is 224 Å². The number of nitrogens with two attached hydrogens (primary N) is 6. The van der Waals surface area contributed by atoms with Crippen LogP contribution in [-0.2, 0) is 114 Å². The van der Waals surface area contributed by atoms with Gasteiger partial charge in [-0.1, -0.05) is 82.0 Å². The van der Waals surface area contributed by atoms with Gasteiger partial charge in [-0.15, -0.1) is 9.80 Å². The van der Waals surface area contributed by atoms with Crippen LogP contribution in [0.15, 0.2) is 24.3 Å². The van der Waals surface area contributed by atoms with Gasteiger partial charge in [0.1, 0.15) is 44.1 Å². The number of alkyl halides is 1. The smallest absolute Gasteiger partial charge is 0.426 e. The molecule has 0 aromatic rings. The van der Waals surface area contributed by atoms with Crippen molar-refractivity contribution in [1.82, 2.24) is 9.80 Å². The third-order valence-electron chi connectivity index (χ3n) is 15.8. The number of primary amides is 6. The van der Waals surface area contributed by atoms with E-state index < -0.39 is 169 Å². The first-order chi connectivity index (χ1) is 54.1. The van der Waals surface area contributed by atoms with E-state index in [1.165, 1.54) is 137 Å². The van der Waals surface area contributed by atoms with Gasteiger partial charge in [0.2, 0.25) is 35.4 Å². The zero-order valence-electron chi connectivity index (χ0n) is 75.7. The summed E-state index contributed by atoms with van der Waals surface area (Å²) in [7, 11) is 0. The molecule has 0 atom stereocenters. The lowest BCUT2D eigenvalue weighted by Crippen LogP contribution is -2.59. The van der Waals surface area contributed by atoms with Gasteiger partial charge in [-0.3, -0.25) is 57.5 Å². The van der Waals surface area contributed by atoms with Crippen LogP contribution < -0.4 is 34.4 Å². The van der Waals surface area contributed by atoms with Gasteiger partial charge in [0, 0.05) is 23.1 Å². The summed E-state index contributed by atoms with van der Waals surface area (Å²) in [6.07, 6.45) is 1.26. The average molecular weight is 1770 g/mol. The molecule has 0 aliphatic carbocycles. The van der Waals surface area contributed by atoms with E-state index in [1.807, 2.05) is 13.8 Å². The molecule has 688 valence electrons. The number of imide groups is 6. The topological polar surface area (TPSA) is 582 Å². The van der Waals surface area contributed by atoms with Gasteiger partial charge in [0.05, 0.1) is 39.6 Å². The SMILES string of the molecule is C=C(C)C(=O)OCCCC(C)(C(=O)N(C(=O)OC(C)(C)C)C(=O)OC(C)(C)C)C(=O)N(C(=O)OC(C)(C)C)C(=O)OC(C)(C)C.C=C(C)C(=O)OCCCC(C)(C(N)=O)C(N)=O.CC(CCCO)(C(N)=O)C(N)=O.CCCCBr.CCCCC(C)(C(=O)OCC)C(=O)OCC.CCCCC(C)(C(N)=O)C(N)=O.CCOC(=O)C(C)C(=O)OCC. The van der Waals surface area contributed by atoms with Crippen molar-refractivity contribution < 1.29 is 139 Å². The third-order valence-corrected chi connectivity index (χ3v) is 16.4. The fraction of sp³-hybridized carbons (Fsp3) is 0.728. The van der Waals surface area contributed by atoms with E-state index in [-0.39, 0.29) is 86.5 Å². The fourth-order valence-electron chi connectivity index (χ4n) is 8.17.